The Morgan fingerprint density at radius 3 is 2.74 bits per heavy atom. The van der Waals surface area contributed by atoms with Crippen molar-refractivity contribution in [2.75, 3.05) is 13.1 Å². The Balaban J connectivity index is 2.19. The number of nitrogens with one attached hydrogen (secondary N) is 1. The molecule has 0 amide bonds. The normalized spacial score (nSPS) is 27.4. The fourth-order valence-electron chi connectivity index (χ4n) is 2.62. The number of hydrogen-bond donors (Lipinski definition) is 1. The molecule has 0 bridgehead atoms. The van der Waals surface area contributed by atoms with Gasteiger partial charge in [0.1, 0.15) is 0 Å². The van der Waals surface area contributed by atoms with Gasteiger partial charge in [-0.15, -0.1) is 0 Å². The third-order valence-corrected chi connectivity index (χ3v) is 4.63. The molecule has 0 aliphatic carbocycles. The maximum Gasteiger partial charge on any atom is 0.0410 e. The van der Waals surface area contributed by atoms with Gasteiger partial charge in [-0.25, -0.2) is 0 Å². The van der Waals surface area contributed by atoms with Crippen LogP contribution in [0.4, 0.5) is 0 Å². The summed E-state index contributed by atoms with van der Waals surface area (Å²) in [5.74, 6) is 0. The summed E-state index contributed by atoms with van der Waals surface area (Å²) in [5.41, 5.74) is 1.66. The zero-order valence-electron chi connectivity index (χ0n) is 12.3. The van der Waals surface area contributed by atoms with Crippen molar-refractivity contribution in [3.05, 3.63) is 28.5 Å². The molecular weight excluding hydrogens is 302 g/mol. The van der Waals surface area contributed by atoms with Gasteiger partial charge in [0.05, 0.1) is 0 Å². The summed E-state index contributed by atoms with van der Waals surface area (Å²) in [6.45, 7) is 12.2. The van der Waals surface area contributed by atoms with Crippen LogP contribution < -0.4 is 5.32 Å². The van der Waals surface area contributed by atoms with Crippen LogP contribution in [0.1, 0.15) is 39.7 Å². The molecule has 106 valence electrons. The van der Waals surface area contributed by atoms with Gasteiger partial charge in [0.2, 0.25) is 0 Å². The zero-order chi connectivity index (χ0) is 14.1. The summed E-state index contributed by atoms with van der Waals surface area (Å²) < 4.78 is 1.05. The molecule has 0 radical (unpaired) electrons. The number of nitrogens with zero attached hydrogens (tertiary/aromatic N) is 2. The van der Waals surface area contributed by atoms with Crippen molar-refractivity contribution >= 4 is 15.9 Å². The lowest BCUT2D eigenvalue weighted by molar-refractivity contribution is 0.0174. The predicted octanol–water partition coefficient (Wildman–Crippen LogP) is 3.20. The molecule has 0 saturated carbocycles. The molecule has 1 unspecified atom stereocenters. The fraction of sp³-hybridized carbons (Fsp3) is 0.667. The lowest BCUT2D eigenvalue weighted by Crippen LogP contribution is -2.66. The largest absolute Gasteiger partial charge is 0.309 e. The first kappa shape index (κ1) is 14.9. The van der Waals surface area contributed by atoms with Gasteiger partial charge in [-0.2, -0.15) is 0 Å². The van der Waals surface area contributed by atoms with Gasteiger partial charge in [0, 0.05) is 47.6 Å². The van der Waals surface area contributed by atoms with E-state index in [9.17, 15) is 0 Å². The van der Waals surface area contributed by atoms with Gasteiger partial charge in [-0.05, 0) is 54.8 Å². The Kier molecular flexibility index (Phi) is 4.33. The van der Waals surface area contributed by atoms with Gasteiger partial charge in [0.15, 0.2) is 0 Å². The second kappa shape index (κ2) is 5.51. The molecule has 19 heavy (non-hydrogen) atoms. The van der Waals surface area contributed by atoms with Gasteiger partial charge in [-0.3, -0.25) is 9.88 Å². The van der Waals surface area contributed by atoms with Crippen molar-refractivity contribution in [1.82, 2.24) is 15.2 Å². The second-order valence-electron chi connectivity index (χ2n) is 6.46. The number of aromatic nitrogens is 1. The Morgan fingerprint density at radius 2 is 2.11 bits per heavy atom. The van der Waals surface area contributed by atoms with Crippen molar-refractivity contribution < 1.29 is 0 Å². The summed E-state index contributed by atoms with van der Waals surface area (Å²) in [5, 5.41) is 3.66. The highest BCUT2D eigenvalue weighted by Gasteiger charge is 2.39. The number of piperazine rings is 1. The maximum absolute atomic E-state index is 4.27. The molecular formula is C15H24BrN3. The highest BCUT2D eigenvalue weighted by Crippen LogP contribution is 2.28. The van der Waals surface area contributed by atoms with Crippen molar-refractivity contribution in [2.24, 2.45) is 0 Å². The topological polar surface area (TPSA) is 28.2 Å². The van der Waals surface area contributed by atoms with E-state index in [0.717, 1.165) is 30.5 Å². The van der Waals surface area contributed by atoms with Crippen LogP contribution in [0.2, 0.25) is 0 Å². The Morgan fingerprint density at radius 1 is 1.37 bits per heavy atom. The molecule has 1 N–H and O–H groups in total. The summed E-state index contributed by atoms with van der Waals surface area (Å²) >= 11 is 3.50. The standard InChI is InChI=1S/C15H24BrN3/c1-5-15(4)10-18-14(2,3)11-19(15)9-12-6-13(16)8-17-7-12/h6-8,18H,5,9-11H2,1-4H3. The maximum atomic E-state index is 4.27. The van der Waals surface area contributed by atoms with Gasteiger partial charge >= 0.3 is 0 Å². The molecule has 1 aromatic heterocycles. The molecule has 3 nitrogen and oxygen atoms in total. The average Bonchev–Trinajstić information content (AvgIpc) is 2.34. The quantitative estimate of drug-likeness (QED) is 0.925. The minimum Gasteiger partial charge on any atom is -0.309 e. The predicted molar refractivity (Wildman–Crippen MR) is 83.1 cm³/mol. The van der Waals surface area contributed by atoms with Gasteiger partial charge in [0.25, 0.3) is 0 Å². The van der Waals surface area contributed by atoms with Gasteiger partial charge in [-0.1, -0.05) is 6.92 Å². The summed E-state index contributed by atoms with van der Waals surface area (Å²) in [4.78, 5) is 6.86. The van der Waals surface area contributed by atoms with E-state index in [2.05, 4.69) is 64.9 Å². The highest BCUT2D eigenvalue weighted by atomic mass is 79.9. The first-order valence-corrected chi connectivity index (χ1v) is 7.73. The number of pyridine rings is 1. The number of rotatable bonds is 3. The van der Waals surface area contributed by atoms with Crippen LogP contribution >= 0.6 is 15.9 Å². The van der Waals surface area contributed by atoms with E-state index in [-0.39, 0.29) is 11.1 Å². The van der Waals surface area contributed by atoms with Crippen LogP contribution in [0.15, 0.2) is 22.9 Å². The van der Waals surface area contributed by atoms with Crippen molar-refractivity contribution in [3.63, 3.8) is 0 Å². The van der Waals surface area contributed by atoms with Crippen molar-refractivity contribution in [1.29, 1.82) is 0 Å². The third kappa shape index (κ3) is 3.56. The lowest BCUT2D eigenvalue weighted by atomic mass is 9.87. The van der Waals surface area contributed by atoms with Crippen LogP contribution in [0.25, 0.3) is 0 Å². The molecule has 1 aliphatic heterocycles. The molecule has 2 rings (SSSR count). The van der Waals surface area contributed by atoms with E-state index < -0.39 is 0 Å². The minimum absolute atomic E-state index is 0.175. The van der Waals surface area contributed by atoms with Gasteiger partial charge < -0.3 is 5.32 Å². The average molecular weight is 326 g/mol. The third-order valence-electron chi connectivity index (χ3n) is 4.19. The Bertz CT molecular complexity index is 447. The molecule has 1 saturated heterocycles. The number of halogens is 1. The van der Waals surface area contributed by atoms with Crippen LogP contribution in [0, 0.1) is 0 Å². The molecule has 0 spiro atoms. The van der Waals surface area contributed by atoms with E-state index >= 15 is 0 Å². The Labute approximate surface area is 124 Å². The summed E-state index contributed by atoms with van der Waals surface area (Å²) in [6.07, 6.45) is 4.96. The van der Waals surface area contributed by atoms with E-state index in [1.807, 2.05) is 12.4 Å². The van der Waals surface area contributed by atoms with Crippen molar-refractivity contribution in [3.8, 4) is 0 Å². The number of hydrogen-bond acceptors (Lipinski definition) is 3. The fourth-order valence-corrected chi connectivity index (χ4v) is 3.04. The van der Waals surface area contributed by atoms with Crippen LogP contribution in [-0.2, 0) is 6.54 Å². The molecule has 0 aromatic carbocycles. The monoisotopic (exact) mass is 325 g/mol. The van der Waals surface area contributed by atoms with Crippen LogP contribution in [0.3, 0.4) is 0 Å². The Hall–Kier alpha value is -0.450. The van der Waals surface area contributed by atoms with E-state index in [4.69, 9.17) is 0 Å². The minimum atomic E-state index is 0.175. The van der Waals surface area contributed by atoms with Crippen LogP contribution in [0.5, 0.6) is 0 Å². The zero-order valence-corrected chi connectivity index (χ0v) is 13.9. The first-order valence-electron chi connectivity index (χ1n) is 6.94. The molecule has 1 aliphatic rings. The SMILES string of the molecule is CCC1(C)CNC(C)(C)CN1Cc1cncc(Br)c1. The van der Waals surface area contributed by atoms with E-state index in [1.54, 1.807) is 0 Å². The van der Waals surface area contributed by atoms with E-state index in [1.165, 1.54) is 5.56 Å². The molecule has 1 fully saturated rings. The summed E-state index contributed by atoms with van der Waals surface area (Å²) in [7, 11) is 0. The smallest absolute Gasteiger partial charge is 0.0410 e. The molecule has 1 aromatic rings. The summed E-state index contributed by atoms with van der Waals surface area (Å²) in [6, 6.07) is 2.16. The molecule has 1 atom stereocenters. The molecule has 4 heteroatoms. The second-order valence-corrected chi connectivity index (χ2v) is 7.37. The molecule has 2 heterocycles. The van der Waals surface area contributed by atoms with Crippen LogP contribution in [-0.4, -0.2) is 34.1 Å². The lowest BCUT2D eigenvalue weighted by Gasteiger charge is -2.51. The first-order chi connectivity index (χ1) is 8.85. The van der Waals surface area contributed by atoms with Crippen molar-refractivity contribution in [2.45, 2.75) is 51.7 Å². The highest BCUT2D eigenvalue weighted by molar-refractivity contribution is 9.10. The van der Waals surface area contributed by atoms with E-state index in [0.29, 0.717) is 0 Å².